The third kappa shape index (κ3) is 5.52. The molecule has 0 spiro atoms. The molecule has 3 N–H and O–H groups in total. The normalized spacial score (nSPS) is 11.5. The van der Waals surface area contributed by atoms with E-state index in [4.69, 9.17) is 4.74 Å². The summed E-state index contributed by atoms with van der Waals surface area (Å²) >= 11 is 1.08. The fraction of sp³-hybridized carbons (Fsp3) is 0.227. The van der Waals surface area contributed by atoms with E-state index < -0.39 is 10.8 Å². The number of nitrogens with one attached hydrogen (secondary N) is 3. The molecule has 0 aliphatic carbocycles. The van der Waals surface area contributed by atoms with Crippen LogP contribution < -0.4 is 20.9 Å². The molecule has 2 aromatic carbocycles. The summed E-state index contributed by atoms with van der Waals surface area (Å²) in [5, 5.41) is 13.3. The molecule has 0 unspecified atom stereocenters. The van der Waals surface area contributed by atoms with Gasteiger partial charge in [-0.15, -0.1) is 10.2 Å². The average Bonchev–Trinajstić information content (AvgIpc) is 2.76. The molecule has 0 fully saturated rings. The monoisotopic (exact) mass is 453 g/mol. The largest absolute Gasteiger partial charge is 0.497 e. The number of rotatable bonds is 7. The van der Waals surface area contributed by atoms with Crippen molar-refractivity contribution in [1.82, 2.24) is 15.2 Å². The number of hydrogen-bond acceptors (Lipinski definition) is 7. The predicted octanol–water partition coefficient (Wildman–Crippen LogP) is 3.23. The second-order valence-corrected chi connectivity index (χ2v) is 8.29. The van der Waals surface area contributed by atoms with Crippen molar-refractivity contribution in [2.45, 2.75) is 31.2 Å². The maximum Gasteiger partial charge on any atom is 0.278 e. The number of aromatic amines is 1. The van der Waals surface area contributed by atoms with Crippen molar-refractivity contribution in [3.05, 3.63) is 58.4 Å². The summed E-state index contributed by atoms with van der Waals surface area (Å²) in [5.41, 5.74) is 2.01. The first kappa shape index (κ1) is 23.0. The predicted molar refractivity (Wildman–Crippen MR) is 124 cm³/mol. The Morgan fingerprint density at radius 1 is 1.09 bits per heavy atom. The number of H-pyrrole nitrogens is 1. The molecule has 1 aromatic heterocycles. The average molecular weight is 454 g/mol. The molecule has 1 heterocycles. The summed E-state index contributed by atoms with van der Waals surface area (Å²) in [6, 6.07) is 12.2. The Bertz CT molecular complexity index is 1190. The van der Waals surface area contributed by atoms with Crippen molar-refractivity contribution in [1.29, 1.82) is 0 Å². The minimum atomic E-state index is -0.540. The second-order valence-electron chi connectivity index (χ2n) is 6.96. The minimum Gasteiger partial charge on any atom is -0.497 e. The SMILES string of the molecule is COc1ccc(NC(=O)[C@@H](C)Sc2nnc(-c3cccc(C)c3NC(C)=O)c(=O)[nH]2)cc1. The molecule has 1 atom stereocenters. The van der Waals surface area contributed by atoms with Gasteiger partial charge in [0.15, 0.2) is 10.9 Å². The number of carbonyl (C=O) groups excluding carboxylic acids is 2. The Hall–Kier alpha value is -3.66. The van der Waals surface area contributed by atoms with Gasteiger partial charge >= 0.3 is 0 Å². The number of amides is 2. The molecule has 0 aliphatic rings. The van der Waals surface area contributed by atoms with Gasteiger partial charge in [-0.2, -0.15) is 0 Å². The summed E-state index contributed by atoms with van der Waals surface area (Å²) in [6.45, 7) is 4.92. The molecular weight excluding hydrogens is 430 g/mol. The summed E-state index contributed by atoms with van der Waals surface area (Å²) in [6.07, 6.45) is 0. The Morgan fingerprint density at radius 2 is 1.81 bits per heavy atom. The van der Waals surface area contributed by atoms with Crippen LogP contribution in [0.3, 0.4) is 0 Å². The van der Waals surface area contributed by atoms with Crippen molar-refractivity contribution in [3.8, 4) is 17.0 Å². The third-order valence-electron chi connectivity index (χ3n) is 4.52. The Kier molecular flexibility index (Phi) is 7.26. The van der Waals surface area contributed by atoms with E-state index >= 15 is 0 Å². The molecule has 10 heteroatoms. The highest BCUT2D eigenvalue weighted by Crippen LogP contribution is 2.28. The number of anilines is 2. The molecule has 0 radical (unpaired) electrons. The van der Waals surface area contributed by atoms with Gasteiger partial charge in [-0.05, 0) is 43.7 Å². The zero-order chi connectivity index (χ0) is 23.3. The van der Waals surface area contributed by atoms with Gasteiger partial charge in [0.25, 0.3) is 5.56 Å². The zero-order valence-corrected chi connectivity index (χ0v) is 18.9. The maximum absolute atomic E-state index is 12.7. The highest BCUT2D eigenvalue weighted by Gasteiger charge is 2.19. The van der Waals surface area contributed by atoms with Gasteiger partial charge in [0.1, 0.15) is 5.75 Å². The van der Waals surface area contributed by atoms with Gasteiger partial charge < -0.3 is 15.4 Å². The van der Waals surface area contributed by atoms with Crippen molar-refractivity contribution in [3.63, 3.8) is 0 Å². The van der Waals surface area contributed by atoms with Crippen LogP contribution in [0, 0.1) is 6.92 Å². The fourth-order valence-corrected chi connectivity index (χ4v) is 3.64. The number of hydrogen-bond donors (Lipinski definition) is 3. The van der Waals surface area contributed by atoms with Gasteiger partial charge in [0, 0.05) is 18.2 Å². The number of nitrogens with zero attached hydrogens (tertiary/aromatic N) is 2. The van der Waals surface area contributed by atoms with Crippen LogP contribution >= 0.6 is 11.8 Å². The van der Waals surface area contributed by atoms with E-state index in [0.29, 0.717) is 22.7 Å². The van der Waals surface area contributed by atoms with Gasteiger partial charge in [-0.25, -0.2) is 0 Å². The van der Waals surface area contributed by atoms with Gasteiger partial charge in [0.05, 0.1) is 18.0 Å². The van der Waals surface area contributed by atoms with Crippen molar-refractivity contribution in [2.24, 2.45) is 0 Å². The number of benzene rings is 2. The number of aromatic nitrogens is 3. The highest BCUT2D eigenvalue weighted by atomic mass is 32.2. The van der Waals surface area contributed by atoms with Crippen LogP contribution in [0.15, 0.2) is 52.4 Å². The number of ether oxygens (including phenoxy) is 1. The molecule has 32 heavy (non-hydrogen) atoms. The highest BCUT2D eigenvalue weighted by molar-refractivity contribution is 8.00. The lowest BCUT2D eigenvalue weighted by atomic mass is 10.1. The molecular formula is C22H23N5O4S. The van der Waals surface area contributed by atoms with Crippen LogP contribution in [0.25, 0.3) is 11.3 Å². The lowest BCUT2D eigenvalue weighted by Gasteiger charge is -2.13. The first-order valence-corrected chi connectivity index (χ1v) is 10.6. The molecule has 2 amide bonds. The molecule has 9 nitrogen and oxygen atoms in total. The van der Waals surface area contributed by atoms with Crippen LogP contribution in [-0.2, 0) is 9.59 Å². The van der Waals surface area contributed by atoms with E-state index in [-0.39, 0.29) is 22.7 Å². The molecule has 3 aromatic rings. The van der Waals surface area contributed by atoms with E-state index in [1.807, 2.05) is 13.0 Å². The Morgan fingerprint density at radius 3 is 2.44 bits per heavy atom. The van der Waals surface area contributed by atoms with E-state index in [0.717, 1.165) is 17.3 Å². The van der Waals surface area contributed by atoms with Crippen LogP contribution in [0.1, 0.15) is 19.4 Å². The molecule has 3 rings (SSSR count). The zero-order valence-electron chi connectivity index (χ0n) is 18.1. The number of aryl methyl sites for hydroxylation is 1. The quantitative estimate of drug-likeness (QED) is 0.469. The van der Waals surface area contributed by atoms with Crippen LogP contribution in [-0.4, -0.2) is 39.4 Å². The maximum atomic E-state index is 12.7. The Labute approximate surface area is 189 Å². The summed E-state index contributed by atoms with van der Waals surface area (Å²) in [5.74, 6) is 0.181. The van der Waals surface area contributed by atoms with E-state index in [1.54, 1.807) is 50.4 Å². The minimum absolute atomic E-state index is 0.0807. The summed E-state index contributed by atoms with van der Waals surface area (Å²) < 4.78 is 5.10. The van der Waals surface area contributed by atoms with Crippen LogP contribution in [0.4, 0.5) is 11.4 Å². The molecule has 0 bridgehead atoms. The third-order valence-corrected chi connectivity index (χ3v) is 5.50. The lowest BCUT2D eigenvalue weighted by molar-refractivity contribution is -0.115. The van der Waals surface area contributed by atoms with Crippen LogP contribution in [0.2, 0.25) is 0 Å². The van der Waals surface area contributed by atoms with Crippen LogP contribution in [0.5, 0.6) is 5.75 Å². The van der Waals surface area contributed by atoms with E-state index in [1.165, 1.54) is 6.92 Å². The molecule has 166 valence electrons. The van der Waals surface area contributed by atoms with Crippen molar-refractivity contribution >= 4 is 35.0 Å². The van der Waals surface area contributed by atoms with Crippen molar-refractivity contribution in [2.75, 3.05) is 17.7 Å². The van der Waals surface area contributed by atoms with E-state index in [2.05, 4.69) is 25.8 Å². The van der Waals surface area contributed by atoms with E-state index in [9.17, 15) is 14.4 Å². The summed E-state index contributed by atoms with van der Waals surface area (Å²) in [4.78, 5) is 39.4. The first-order valence-electron chi connectivity index (χ1n) is 9.74. The smallest absolute Gasteiger partial charge is 0.278 e. The lowest BCUT2D eigenvalue weighted by Crippen LogP contribution is -2.23. The number of para-hydroxylation sites is 1. The second kappa shape index (κ2) is 10.1. The van der Waals surface area contributed by atoms with Gasteiger partial charge in [-0.1, -0.05) is 30.0 Å². The summed E-state index contributed by atoms with van der Waals surface area (Å²) in [7, 11) is 1.57. The molecule has 0 saturated heterocycles. The molecule has 0 saturated carbocycles. The number of carbonyl (C=O) groups is 2. The number of methoxy groups -OCH3 is 1. The molecule has 0 aliphatic heterocycles. The first-order chi connectivity index (χ1) is 15.3. The van der Waals surface area contributed by atoms with Crippen molar-refractivity contribution < 1.29 is 14.3 Å². The number of thioether (sulfide) groups is 1. The van der Waals surface area contributed by atoms with Gasteiger partial charge in [0.2, 0.25) is 11.8 Å². The Balaban J connectivity index is 1.75. The standard InChI is InChI=1S/C22H23N5O4S/c1-12-6-5-7-17(18(12)23-14(3)28)19-21(30)25-22(27-26-19)32-13(2)20(29)24-15-8-10-16(31-4)11-9-15/h5-11,13H,1-4H3,(H,23,28)(H,24,29)(H,25,27,30)/t13-/m1/s1. The fourth-order valence-electron chi connectivity index (χ4n) is 2.90. The van der Waals surface area contributed by atoms with Gasteiger partial charge in [-0.3, -0.25) is 19.4 Å². The topological polar surface area (TPSA) is 126 Å².